The maximum absolute atomic E-state index is 5.99. The minimum atomic E-state index is 0.751. The molecule has 0 amide bonds. The molecule has 2 rings (SSSR count). The summed E-state index contributed by atoms with van der Waals surface area (Å²) in [7, 11) is 3.67. The first-order valence-electron chi connectivity index (χ1n) is 5.82. The van der Waals surface area contributed by atoms with E-state index in [0.29, 0.717) is 0 Å². The van der Waals surface area contributed by atoms with Crippen molar-refractivity contribution in [1.82, 2.24) is 4.90 Å². The number of ether oxygens (including phenoxy) is 1. The highest BCUT2D eigenvalue weighted by molar-refractivity contribution is 5.51. The highest BCUT2D eigenvalue weighted by atomic mass is 16.5. The number of rotatable bonds is 5. The van der Waals surface area contributed by atoms with Gasteiger partial charge in [-0.1, -0.05) is 6.07 Å². The Morgan fingerprint density at radius 2 is 2.11 bits per heavy atom. The summed E-state index contributed by atoms with van der Waals surface area (Å²) in [5, 5.41) is 0. The number of nitrogen functional groups attached to an aromatic ring is 1. The van der Waals surface area contributed by atoms with Gasteiger partial charge in [-0.3, -0.25) is 4.90 Å². The van der Waals surface area contributed by atoms with Crippen LogP contribution in [0.25, 0.3) is 0 Å². The van der Waals surface area contributed by atoms with Gasteiger partial charge in [-0.25, -0.2) is 0 Å². The molecule has 0 atom stereocenters. The van der Waals surface area contributed by atoms with Crippen molar-refractivity contribution < 1.29 is 9.15 Å². The lowest BCUT2D eigenvalue weighted by Crippen LogP contribution is -2.17. The third kappa shape index (κ3) is 3.05. The smallest absolute Gasteiger partial charge is 0.120 e. The molecule has 0 aliphatic carbocycles. The van der Waals surface area contributed by atoms with E-state index in [1.807, 2.05) is 37.4 Å². The summed E-state index contributed by atoms with van der Waals surface area (Å²) in [5.41, 5.74) is 7.83. The Balaban J connectivity index is 2.00. The van der Waals surface area contributed by atoms with E-state index >= 15 is 0 Å². The van der Waals surface area contributed by atoms with Crippen LogP contribution in [0.1, 0.15) is 11.3 Å². The predicted molar refractivity (Wildman–Crippen MR) is 71.3 cm³/mol. The molecule has 18 heavy (non-hydrogen) atoms. The molecule has 0 bridgehead atoms. The monoisotopic (exact) mass is 246 g/mol. The second-order valence-electron chi connectivity index (χ2n) is 4.32. The van der Waals surface area contributed by atoms with E-state index in [1.54, 1.807) is 13.4 Å². The molecule has 2 N–H and O–H groups in total. The van der Waals surface area contributed by atoms with Crippen molar-refractivity contribution in [1.29, 1.82) is 0 Å². The van der Waals surface area contributed by atoms with Crippen LogP contribution in [0.4, 0.5) is 5.69 Å². The number of benzene rings is 1. The fourth-order valence-electron chi connectivity index (χ4n) is 1.86. The fraction of sp³-hybridized carbons (Fsp3) is 0.286. The minimum Gasteiger partial charge on any atom is -0.497 e. The summed E-state index contributed by atoms with van der Waals surface area (Å²) in [6.07, 6.45) is 1.69. The van der Waals surface area contributed by atoms with Gasteiger partial charge >= 0.3 is 0 Å². The van der Waals surface area contributed by atoms with Crippen molar-refractivity contribution in [2.45, 2.75) is 13.1 Å². The SMILES string of the molecule is COc1ccc(CN(C)Cc2ccco2)c(N)c1. The number of hydrogen-bond acceptors (Lipinski definition) is 4. The number of nitrogens with zero attached hydrogens (tertiary/aromatic N) is 1. The van der Waals surface area contributed by atoms with Gasteiger partial charge in [0.1, 0.15) is 11.5 Å². The van der Waals surface area contributed by atoms with E-state index in [1.165, 1.54) is 0 Å². The average molecular weight is 246 g/mol. The molecular formula is C14H18N2O2. The van der Waals surface area contributed by atoms with Crippen molar-refractivity contribution in [3.8, 4) is 5.75 Å². The first-order chi connectivity index (χ1) is 8.69. The van der Waals surface area contributed by atoms with Crippen LogP contribution in [0.15, 0.2) is 41.0 Å². The Kier molecular flexibility index (Phi) is 3.89. The molecule has 0 spiro atoms. The zero-order chi connectivity index (χ0) is 13.0. The van der Waals surface area contributed by atoms with Crippen LogP contribution in [0.2, 0.25) is 0 Å². The lowest BCUT2D eigenvalue weighted by molar-refractivity contribution is 0.288. The first-order valence-corrected chi connectivity index (χ1v) is 5.82. The van der Waals surface area contributed by atoms with Gasteiger partial charge in [0.2, 0.25) is 0 Å². The number of anilines is 1. The molecule has 0 saturated heterocycles. The maximum Gasteiger partial charge on any atom is 0.120 e. The van der Waals surface area contributed by atoms with Gasteiger partial charge in [-0.2, -0.15) is 0 Å². The molecule has 96 valence electrons. The Bertz CT molecular complexity index is 495. The van der Waals surface area contributed by atoms with Gasteiger partial charge in [0.25, 0.3) is 0 Å². The summed E-state index contributed by atoms with van der Waals surface area (Å²) in [6.45, 7) is 1.54. The molecule has 4 heteroatoms. The predicted octanol–water partition coefficient (Wildman–Crippen LogP) is 2.50. The van der Waals surface area contributed by atoms with Crippen molar-refractivity contribution in [2.75, 3.05) is 19.9 Å². The summed E-state index contributed by atoms with van der Waals surface area (Å²) in [6, 6.07) is 9.62. The summed E-state index contributed by atoms with van der Waals surface area (Å²) in [5.74, 6) is 1.73. The second-order valence-corrected chi connectivity index (χ2v) is 4.32. The van der Waals surface area contributed by atoms with Crippen molar-refractivity contribution >= 4 is 5.69 Å². The van der Waals surface area contributed by atoms with Crippen LogP contribution in [0.3, 0.4) is 0 Å². The molecule has 0 aliphatic heterocycles. The quantitative estimate of drug-likeness (QED) is 0.823. The molecule has 4 nitrogen and oxygen atoms in total. The fourth-order valence-corrected chi connectivity index (χ4v) is 1.86. The molecule has 0 aliphatic rings. The summed E-state index contributed by atoms with van der Waals surface area (Å²) < 4.78 is 10.4. The first kappa shape index (κ1) is 12.5. The van der Waals surface area contributed by atoms with E-state index in [0.717, 1.165) is 35.9 Å². The Morgan fingerprint density at radius 3 is 2.72 bits per heavy atom. The molecule has 1 aromatic heterocycles. The van der Waals surface area contributed by atoms with Crippen LogP contribution in [0.5, 0.6) is 5.75 Å². The Labute approximate surface area is 107 Å². The second kappa shape index (κ2) is 5.60. The number of hydrogen-bond donors (Lipinski definition) is 1. The van der Waals surface area contributed by atoms with Crippen molar-refractivity contribution in [3.63, 3.8) is 0 Å². The van der Waals surface area contributed by atoms with Gasteiger partial charge in [0, 0.05) is 18.3 Å². The van der Waals surface area contributed by atoms with Crippen LogP contribution in [-0.2, 0) is 13.1 Å². The Morgan fingerprint density at radius 1 is 1.28 bits per heavy atom. The average Bonchev–Trinajstić information content (AvgIpc) is 2.84. The molecule has 0 saturated carbocycles. The molecule has 0 radical (unpaired) electrons. The molecule has 0 fully saturated rings. The van der Waals surface area contributed by atoms with Crippen molar-refractivity contribution in [2.24, 2.45) is 0 Å². The number of methoxy groups -OCH3 is 1. The van der Waals surface area contributed by atoms with Gasteiger partial charge in [0.05, 0.1) is 19.9 Å². The lowest BCUT2D eigenvalue weighted by atomic mass is 10.1. The van der Waals surface area contributed by atoms with E-state index in [9.17, 15) is 0 Å². The van der Waals surface area contributed by atoms with Gasteiger partial charge in [-0.15, -0.1) is 0 Å². The number of nitrogens with two attached hydrogens (primary N) is 1. The summed E-state index contributed by atoms with van der Waals surface area (Å²) >= 11 is 0. The summed E-state index contributed by atoms with van der Waals surface area (Å²) in [4.78, 5) is 2.15. The zero-order valence-electron chi connectivity index (χ0n) is 10.7. The number of furan rings is 1. The maximum atomic E-state index is 5.99. The highest BCUT2D eigenvalue weighted by Gasteiger charge is 2.07. The van der Waals surface area contributed by atoms with Crippen LogP contribution >= 0.6 is 0 Å². The molecule has 2 aromatic rings. The van der Waals surface area contributed by atoms with Gasteiger partial charge < -0.3 is 14.9 Å². The van der Waals surface area contributed by atoms with E-state index in [2.05, 4.69) is 4.90 Å². The normalized spacial score (nSPS) is 10.8. The largest absolute Gasteiger partial charge is 0.497 e. The van der Waals surface area contributed by atoms with Gasteiger partial charge in [-0.05, 0) is 30.8 Å². The third-order valence-corrected chi connectivity index (χ3v) is 2.80. The molecule has 0 unspecified atom stereocenters. The Hall–Kier alpha value is -1.94. The zero-order valence-corrected chi connectivity index (χ0v) is 10.7. The molecule has 1 aromatic carbocycles. The third-order valence-electron chi connectivity index (χ3n) is 2.80. The topological polar surface area (TPSA) is 51.6 Å². The highest BCUT2D eigenvalue weighted by Crippen LogP contribution is 2.21. The van der Waals surface area contributed by atoms with Crippen LogP contribution < -0.4 is 10.5 Å². The van der Waals surface area contributed by atoms with E-state index < -0.39 is 0 Å². The minimum absolute atomic E-state index is 0.751. The van der Waals surface area contributed by atoms with E-state index in [-0.39, 0.29) is 0 Å². The van der Waals surface area contributed by atoms with Gasteiger partial charge in [0.15, 0.2) is 0 Å². The standard InChI is InChI=1S/C14H18N2O2/c1-16(10-13-4-3-7-18-13)9-11-5-6-12(17-2)8-14(11)15/h3-8H,9-10,15H2,1-2H3. The van der Waals surface area contributed by atoms with Crippen molar-refractivity contribution in [3.05, 3.63) is 47.9 Å². The lowest BCUT2D eigenvalue weighted by Gasteiger charge is -2.17. The van der Waals surface area contributed by atoms with Crippen LogP contribution in [-0.4, -0.2) is 19.1 Å². The molecular weight excluding hydrogens is 228 g/mol. The van der Waals surface area contributed by atoms with E-state index in [4.69, 9.17) is 14.9 Å². The molecule has 1 heterocycles. The van der Waals surface area contributed by atoms with Crippen LogP contribution in [0, 0.1) is 0 Å².